The van der Waals surface area contributed by atoms with Crippen LogP contribution < -0.4 is 20.9 Å². The van der Waals surface area contributed by atoms with Crippen molar-refractivity contribution in [2.24, 2.45) is 0 Å². The summed E-state index contributed by atoms with van der Waals surface area (Å²) in [7, 11) is 0. The van der Waals surface area contributed by atoms with Crippen LogP contribution in [0.1, 0.15) is 43.0 Å². The van der Waals surface area contributed by atoms with Gasteiger partial charge in [0.15, 0.2) is 5.75 Å². The first kappa shape index (κ1) is 18.9. The molecule has 0 heterocycles. The zero-order valence-corrected chi connectivity index (χ0v) is 15.2. The van der Waals surface area contributed by atoms with Crippen LogP contribution in [0.4, 0.5) is 5.69 Å². The van der Waals surface area contributed by atoms with Gasteiger partial charge in [-0.3, -0.25) is 9.59 Å². The van der Waals surface area contributed by atoms with Crippen LogP contribution >= 0.6 is 0 Å². The fourth-order valence-corrected chi connectivity index (χ4v) is 2.96. The molecule has 0 spiro atoms. The molecule has 27 heavy (non-hydrogen) atoms. The molecule has 0 aliphatic heterocycles. The van der Waals surface area contributed by atoms with Crippen LogP contribution in [0.5, 0.6) is 5.75 Å². The predicted molar refractivity (Wildman–Crippen MR) is 106 cm³/mol. The largest absolute Gasteiger partial charge is 0.487 e. The number of anilines is 1. The Morgan fingerprint density at radius 3 is 2.11 bits per heavy atom. The number of hydrogen-bond donors (Lipinski definition) is 2. The summed E-state index contributed by atoms with van der Waals surface area (Å²) in [5.74, 6) is 0.0645. The molecule has 2 N–H and O–H groups in total. The number of unbranched alkanes of at least 4 members (excludes halogenated alkanes) is 1. The number of rotatable bonds is 9. The maximum Gasteiger partial charge on any atom is 0.272 e. The lowest BCUT2D eigenvalue weighted by Crippen LogP contribution is -2.37. The molecule has 140 valence electrons. The van der Waals surface area contributed by atoms with Gasteiger partial charge in [-0.05, 0) is 17.5 Å². The Hall–Kier alpha value is -2.92. The van der Waals surface area contributed by atoms with Crippen molar-refractivity contribution in [3.05, 3.63) is 92.2 Å². The summed E-state index contributed by atoms with van der Waals surface area (Å²) in [6, 6.07) is 18.0. The molecule has 0 saturated carbocycles. The van der Waals surface area contributed by atoms with Crippen LogP contribution in [-0.4, -0.2) is 11.7 Å². The van der Waals surface area contributed by atoms with Crippen molar-refractivity contribution in [1.82, 2.24) is 0 Å². The van der Waals surface area contributed by atoms with Gasteiger partial charge in [0.2, 0.25) is 0 Å². The summed E-state index contributed by atoms with van der Waals surface area (Å²) in [6.07, 6.45) is 0.825. The molecule has 0 radical (unpaired) electrons. The van der Waals surface area contributed by atoms with Gasteiger partial charge in [-0.1, -0.05) is 74.0 Å². The fourth-order valence-electron chi connectivity index (χ4n) is 2.96. The van der Waals surface area contributed by atoms with Crippen LogP contribution in [0.25, 0.3) is 0 Å². The average Bonchev–Trinajstić information content (AvgIpc) is 2.73. The lowest BCUT2D eigenvalue weighted by Gasteiger charge is -2.27. The molecule has 0 unspecified atom stereocenters. The Morgan fingerprint density at radius 1 is 0.926 bits per heavy atom. The van der Waals surface area contributed by atoms with Crippen LogP contribution in [0, 0.1) is 0 Å². The highest BCUT2D eigenvalue weighted by Crippen LogP contribution is 2.33. The first-order valence-electron chi connectivity index (χ1n) is 9.14. The van der Waals surface area contributed by atoms with Gasteiger partial charge in [-0.25, -0.2) is 0 Å². The van der Waals surface area contributed by atoms with Crippen molar-refractivity contribution in [1.29, 1.82) is 0 Å². The first-order valence-corrected chi connectivity index (χ1v) is 9.14. The zero-order chi connectivity index (χ0) is 19.2. The van der Waals surface area contributed by atoms with Gasteiger partial charge in [0.05, 0.1) is 12.6 Å². The van der Waals surface area contributed by atoms with Crippen LogP contribution in [0.3, 0.4) is 0 Å². The van der Waals surface area contributed by atoms with Gasteiger partial charge in [0, 0.05) is 0 Å². The smallest absolute Gasteiger partial charge is 0.272 e. The molecule has 0 aliphatic carbocycles. The summed E-state index contributed by atoms with van der Waals surface area (Å²) in [5.41, 5.74) is 0.435. The Morgan fingerprint density at radius 2 is 1.52 bits per heavy atom. The maximum absolute atomic E-state index is 12.1. The number of aliphatic hydroxyl groups is 1. The standard InChI is InChI=1S/C22H23NO4/c1-2-3-14-27-22-18(20(25)21(22)26)23-17(15-10-6-4-7-11-15)19(24)16-12-8-5-9-13-16/h4-13,17,19,23-24H,2-3,14H2,1H3/t17-,19+/m1/s1. The van der Waals surface area contributed by atoms with E-state index < -0.39 is 23.0 Å². The minimum atomic E-state index is -0.901. The topological polar surface area (TPSA) is 75.6 Å². The van der Waals surface area contributed by atoms with E-state index in [2.05, 4.69) is 5.32 Å². The predicted octanol–water partition coefficient (Wildman–Crippen LogP) is 3.35. The fraction of sp³-hybridized carbons (Fsp3) is 0.273. The molecule has 3 aromatic carbocycles. The second-order valence-electron chi connectivity index (χ2n) is 6.45. The highest BCUT2D eigenvalue weighted by Gasteiger charge is 2.29. The number of aliphatic hydroxyl groups excluding tert-OH is 1. The number of hydrogen-bond acceptors (Lipinski definition) is 5. The second-order valence-corrected chi connectivity index (χ2v) is 6.45. The van der Waals surface area contributed by atoms with E-state index in [0.29, 0.717) is 12.2 Å². The van der Waals surface area contributed by atoms with Gasteiger partial charge >= 0.3 is 0 Å². The molecule has 0 saturated heterocycles. The molecule has 0 fully saturated rings. The SMILES string of the molecule is CCCCOc1c(N[C@H](c2ccccc2)[C@@H](O)c2ccccc2)c(=O)c1=O. The molecular weight excluding hydrogens is 342 g/mol. The third-order valence-corrected chi connectivity index (χ3v) is 4.53. The van der Waals surface area contributed by atoms with Gasteiger partial charge in [-0.2, -0.15) is 0 Å². The van der Waals surface area contributed by atoms with E-state index in [1.54, 1.807) is 0 Å². The summed E-state index contributed by atoms with van der Waals surface area (Å²) in [5, 5.41) is 14.0. The van der Waals surface area contributed by atoms with E-state index in [-0.39, 0.29) is 11.4 Å². The molecule has 3 rings (SSSR count). The second kappa shape index (κ2) is 8.64. The molecule has 0 aromatic heterocycles. The van der Waals surface area contributed by atoms with E-state index in [1.165, 1.54) is 0 Å². The van der Waals surface area contributed by atoms with Gasteiger partial charge in [-0.15, -0.1) is 0 Å². The highest BCUT2D eigenvalue weighted by molar-refractivity contribution is 5.63. The Kier molecular flexibility index (Phi) is 6.04. The number of benzene rings is 2. The van der Waals surface area contributed by atoms with E-state index in [4.69, 9.17) is 4.74 Å². The van der Waals surface area contributed by atoms with Crippen LogP contribution in [0.2, 0.25) is 0 Å². The van der Waals surface area contributed by atoms with E-state index in [9.17, 15) is 14.7 Å². The zero-order valence-electron chi connectivity index (χ0n) is 15.2. The quantitative estimate of drug-likeness (QED) is 0.449. The van der Waals surface area contributed by atoms with Crippen molar-refractivity contribution in [2.45, 2.75) is 31.9 Å². The number of ether oxygens (including phenoxy) is 1. The average molecular weight is 365 g/mol. The van der Waals surface area contributed by atoms with Crippen molar-refractivity contribution < 1.29 is 9.84 Å². The Balaban J connectivity index is 1.90. The highest BCUT2D eigenvalue weighted by atomic mass is 16.5. The summed E-state index contributed by atoms with van der Waals surface area (Å²) < 4.78 is 5.50. The van der Waals surface area contributed by atoms with Gasteiger partial charge in [0.1, 0.15) is 11.8 Å². The summed E-state index contributed by atoms with van der Waals surface area (Å²) >= 11 is 0. The third-order valence-electron chi connectivity index (χ3n) is 4.53. The minimum absolute atomic E-state index is 0.0645. The Bertz CT molecular complexity index is 930. The molecule has 5 heteroatoms. The van der Waals surface area contributed by atoms with E-state index in [0.717, 1.165) is 18.4 Å². The third kappa shape index (κ3) is 4.09. The molecule has 2 atom stereocenters. The van der Waals surface area contributed by atoms with Gasteiger partial charge in [0.25, 0.3) is 10.9 Å². The summed E-state index contributed by atoms with van der Waals surface area (Å²) in [4.78, 5) is 24.0. The van der Waals surface area contributed by atoms with Crippen LogP contribution in [0.15, 0.2) is 70.3 Å². The van der Waals surface area contributed by atoms with E-state index in [1.807, 2.05) is 67.6 Å². The van der Waals surface area contributed by atoms with Crippen molar-refractivity contribution >= 4 is 5.69 Å². The summed E-state index contributed by atoms with van der Waals surface area (Å²) in [6.45, 7) is 2.40. The van der Waals surface area contributed by atoms with Crippen molar-refractivity contribution in [2.75, 3.05) is 11.9 Å². The first-order chi connectivity index (χ1) is 13.1. The molecule has 5 nitrogen and oxygen atoms in total. The van der Waals surface area contributed by atoms with Crippen LogP contribution in [-0.2, 0) is 0 Å². The van der Waals surface area contributed by atoms with Gasteiger partial charge < -0.3 is 15.2 Å². The number of nitrogens with one attached hydrogen (secondary N) is 1. The monoisotopic (exact) mass is 365 g/mol. The molecule has 0 bridgehead atoms. The van der Waals surface area contributed by atoms with E-state index >= 15 is 0 Å². The maximum atomic E-state index is 12.1. The lowest BCUT2D eigenvalue weighted by atomic mass is 9.95. The van der Waals surface area contributed by atoms with Crippen molar-refractivity contribution in [3.63, 3.8) is 0 Å². The van der Waals surface area contributed by atoms with Crippen molar-refractivity contribution in [3.8, 4) is 5.75 Å². The molecular formula is C22H23NO4. The molecule has 0 amide bonds. The lowest BCUT2D eigenvalue weighted by molar-refractivity contribution is 0.154. The Labute approximate surface area is 157 Å². The molecule has 0 aliphatic rings. The minimum Gasteiger partial charge on any atom is -0.487 e. The molecule has 3 aromatic rings. The normalized spacial score (nSPS) is 13.3.